The first-order valence-electron chi connectivity index (χ1n) is 8.80. The molecule has 3 heteroatoms. The van der Waals surface area contributed by atoms with Gasteiger partial charge in [0.15, 0.2) is 0 Å². The molecule has 0 saturated carbocycles. The molecule has 3 nitrogen and oxygen atoms in total. The highest BCUT2D eigenvalue weighted by Crippen LogP contribution is 2.32. The van der Waals surface area contributed by atoms with E-state index in [2.05, 4.69) is 45.6 Å². The minimum absolute atomic E-state index is 0.133. The van der Waals surface area contributed by atoms with E-state index >= 15 is 0 Å². The van der Waals surface area contributed by atoms with Crippen molar-refractivity contribution in [2.75, 3.05) is 0 Å². The topological polar surface area (TPSA) is 46.5 Å². The van der Waals surface area contributed by atoms with Gasteiger partial charge in [0.25, 0.3) is 0 Å². The zero-order chi connectivity index (χ0) is 18.4. The van der Waals surface area contributed by atoms with Crippen molar-refractivity contribution in [2.24, 2.45) is 5.41 Å². The number of ether oxygens (including phenoxy) is 1. The second-order valence-electron chi connectivity index (χ2n) is 7.38. The number of allylic oxidation sites excluding steroid dienone is 4. The van der Waals surface area contributed by atoms with Crippen LogP contribution in [0, 0.1) is 5.41 Å². The lowest BCUT2D eigenvalue weighted by atomic mass is 9.82. The minimum atomic E-state index is -0.359. The maximum Gasteiger partial charge on any atom is 0.338 e. The van der Waals surface area contributed by atoms with Crippen LogP contribution in [0.1, 0.15) is 56.8 Å². The molecule has 0 heterocycles. The van der Waals surface area contributed by atoms with Gasteiger partial charge in [0.1, 0.15) is 11.9 Å². The van der Waals surface area contributed by atoms with Crippen molar-refractivity contribution < 1.29 is 14.6 Å². The van der Waals surface area contributed by atoms with E-state index in [1.807, 2.05) is 0 Å². The molecule has 2 rings (SSSR count). The van der Waals surface area contributed by atoms with Crippen LogP contribution in [0.25, 0.3) is 0 Å². The van der Waals surface area contributed by atoms with Crippen LogP contribution in [0.5, 0.6) is 5.75 Å². The first kappa shape index (κ1) is 19.0. The van der Waals surface area contributed by atoms with Crippen LogP contribution in [0.15, 0.2) is 60.2 Å². The molecule has 0 bridgehead atoms. The van der Waals surface area contributed by atoms with Gasteiger partial charge >= 0.3 is 5.97 Å². The summed E-state index contributed by atoms with van der Waals surface area (Å²) in [6, 6.07) is 6.16. The fourth-order valence-corrected chi connectivity index (χ4v) is 2.87. The fourth-order valence-electron chi connectivity index (χ4n) is 2.87. The largest absolute Gasteiger partial charge is 0.508 e. The van der Waals surface area contributed by atoms with Crippen molar-refractivity contribution >= 4 is 5.97 Å². The van der Waals surface area contributed by atoms with Crippen molar-refractivity contribution in [3.05, 3.63) is 65.8 Å². The van der Waals surface area contributed by atoms with Crippen LogP contribution in [-0.2, 0) is 4.74 Å². The Kier molecular flexibility index (Phi) is 6.24. The summed E-state index contributed by atoms with van der Waals surface area (Å²) in [5, 5.41) is 9.37. The number of esters is 1. The van der Waals surface area contributed by atoms with Gasteiger partial charge in [-0.3, -0.25) is 0 Å². The summed E-state index contributed by atoms with van der Waals surface area (Å²) in [5.41, 5.74) is 2.56. The summed E-state index contributed by atoms with van der Waals surface area (Å²) in [4.78, 5) is 12.5. The third-order valence-corrected chi connectivity index (χ3v) is 4.69. The summed E-state index contributed by atoms with van der Waals surface area (Å²) < 4.78 is 5.86. The molecule has 0 aromatic heterocycles. The van der Waals surface area contributed by atoms with Crippen LogP contribution in [0.2, 0.25) is 0 Å². The standard InChI is InChI=1S/C22H28O3/c1-16-6-5-7-17(2)14-15-22(3,4)20(13-8-16)25-21(24)18-9-11-19(23)12-10-18/h6,9-12,14-15,20,23H,2,5,7-8,13H2,1,3-4H3. The Hall–Kier alpha value is -2.29. The number of aromatic hydroxyl groups is 1. The van der Waals surface area contributed by atoms with E-state index < -0.39 is 0 Å². The van der Waals surface area contributed by atoms with Crippen molar-refractivity contribution in [1.82, 2.24) is 0 Å². The van der Waals surface area contributed by atoms with E-state index in [4.69, 9.17) is 4.74 Å². The maximum atomic E-state index is 12.5. The molecule has 1 aromatic rings. The summed E-state index contributed by atoms with van der Waals surface area (Å²) in [6.45, 7) is 10.4. The zero-order valence-corrected chi connectivity index (χ0v) is 15.4. The molecule has 1 unspecified atom stereocenters. The molecule has 0 fully saturated rings. The lowest BCUT2D eigenvalue weighted by Gasteiger charge is -2.31. The molecule has 0 spiro atoms. The highest BCUT2D eigenvalue weighted by molar-refractivity contribution is 5.89. The zero-order valence-electron chi connectivity index (χ0n) is 15.4. The van der Waals surface area contributed by atoms with Crippen molar-refractivity contribution in [3.8, 4) is 5.75 Å². The predicted octanol–water partition coefficient (Wildman–Crippen LogP) is 5.58. The molecule has 1 aliphatic rings. The van der Waals surface area contributed by atoms with Gasteiger partial charge in [0, 0.05) is 5.41 Å². The monoisotopic (exact) mass is 340 g/mol. The molecule has 0 saturated heterocycles. The van der Waals surface area contributed by atoms with Crippen molar-refractivity contribution in [2.45, 2.75) is 52.6 Å². The molecule has 0 aliphatic heterocycles. The van der Waals surface area contributed by atoms with E-state index in [0.717, 1.165) is 31.3 Å². The average molecular weight is 340 g/mol. The molecule has 1 N–H and O–H groups in total. The van der Waals surface area contributed by atoms with Gasteiger partial charge in [0.2, 0.25) is 0 Å². The van der Waals surface area contributed by atoms with Crippen molar-refractivity contribution in [1.29, 1.82) is 0 Å². The maximum absolute atomic E-state index is 12.5. The van der Waals surface area contributed by atoms with Gasteiger partial charge in [0.05, 0.1) is 5.56 Å². The third kappa shape index (κ3) is 5.63. The third-order valence-electron chi connectivity index (χ3n) is 4.69. The van der Waals surface area contributed by atoms with Crippen LogP contribution in [0.4, 0.5) is 0 Å². The summed E-state index contributed by atoms with van der Waals surface area (Å²) in [7, 11) is 0. The van der Waals surface area contributed by atoms with Crippen LogP contribution in [0.3, 0.4) is 0 Å². The average Bonchev–Trinajstić information content (AvgIpc) is 2.58. The Bertz CT molecular complexity index is 678. The van der Waals surface area contributed by atoms with Gasteiger partial charge in [-0.15, -0.1) is 0 Å². The Labute approximate surface area is 150 Å². The normalized spacial score (nSPS) is 21.2. The van der Waals surface area contributed by atoms with Crippen LogP contribution in [-0.4, -0.2) is 17.2 Å². The fraction of sp³-hybridized carbons (Fsp3) is 0.409. The minimum Gasteiger partial charge on any atom is -0.508 e. The number of phenols is 1. The quantitative estimate of drug-likeness (QED) is 0.565. The molecule has 0 amide bonds. The molecule has 1 atom stereocenters. The Balaban J connectivity index is 2.21. The Morgan fingerprint density at radius 3 is 2.60 bits per heavy atom. The molecule has 1 aliphatic carbocycles. The van der Waals surface area contributed by atoms with E-state index in [-0.39, 0.29) is 23.2 Å². The number of carbonyl (C=O) groups excluding carboxylic acids is 1. The highest BCUT2D eigenvalue weighted by atomic mass is 16.5. The van der Waals surface area contributed by atoms with E-state index in [1.54, 1.807) is 12.1 Å². The molecule has 134 valence electrons. The molecular weight excluding hydrogens is 312 g/mol. The van der Waals surface area contributed by atoms with Gasteiger partial charge in [-0.2, -0.15) is 0 Å². The second-order valence-corrected chi connectivity index (χ2v) is 7.38. The van der Waals surface area contributed by atoms with Gasteiger partial charge in [-0.25, -0.2) is 4.79 Å². The molecular formula is C22H28O3. The number of phenolic OH excluding ortho intramolecular Hbond substituents is 1. The number of carbonyl (C=O) groups is 1. The number of hydrogen-bond acceptors (Lipinski definition) is 3. The first-order valence-corrected chi connectivity index (χ1v) is 8.80. The molecule has 1 aromatic carbocycles. The smallest absolute Gasteiger partial charge is 0.338 e. The SMILES string of the molecule is C=C1C=CC(C)(C)C(OC(=O)c2ccc(O)cc2)CCC(C)=CCC1. The molecule has 25 heavy (non-hydrogen) atoms. The van der Waals surface area contributed by atoms with Crippen LogP contribution >= 0.6 is 0 Å². The van der Waals surface area contributed by atoms with E-state index in [1.165, 1.54) is 17.7 Å². The summed E-state index contributed by atoms with van der Waals surface area (Å²) in [5.74, 6) is -0.226. The van der Waals surface area contributed by atoms with E-state index in [0.29, 0.717) is 5.56 Å². The predicted molar refractivity (Wildman–Crippen MR) is 102 cm³/mol. The highest BCUT2D eigenvalue weighted by Gasteiger charge is 2.31. The van der Waals surface area contributed by atoms with E-state index in [9.17, 15) is 9.90 Å². The lowest BCUT2D eigenvalue weighted by Crippen LogP contribution is -2.32. The Morgan fingerprint density at radius 1 is 1.24 bits per heavy atom. The van der Waals surface area contributed by atoms with Crippen molar-refractivity contribution in [3.63, 3.8) is 0 Å². The van der Waals surface area contributed by atoms with Gasteiger partial charge in [-0.1, -0.05) is 49.8 Å². The summed E-state index contributed by atoms with van der Waals surface area (Å²) >= 11 is 0. The van der Waals surface area contributed by atoms with Gasteiger partial charge in [-0.05, 0) is 56.9 Å². The number of benzene rings is 1. The second kappa shape index (κ2) is 8.19. The van der Waals surface area contributed by atoms with Crippen LogP contribution < -0.4 is 0 Å². The molecule has 0 radical (unpaired) electrons. The summed E-state index contributed by atoms with van der Waals surface area (Å²) in [6.07, 6.45) is 9.78. The van der Waals surface area contributed by atoms with Gasteiger partial charge < -0.3 is 9.84 Å². The number of rotatable bonds is 2. The Morgan fingerprint density at radius 2 is 1.92 bits per heavy atom. The first-order chi connectivity index (χ1) is 11.8. The lowest BCUT2D eigenvalue weighted by molar-refractivity contribution is 0.00160. The number of hydrogen-bond donors (Lipinski definition) is 1.